The van der Waals surface area contributed by atoms with Crippen molar-refractivity contribution in [2.45, 2.75) is 26.7 Å². The average molecular weight is 471 g/mol. The molecule has 3 heteroatoms. The molecule has 0 N–H and O–H groups in total. The Morgan fingerprint density at radius 2 is 1.59 bits per heavy atom. The molecule has 0 aliphatic carbocycles. The predicted octanol–water partition coefficient (Wildman–Crippen LogP) is 2.46. The fraction of sp³-hybridized carbons (Fsp3) is 0.250. The Kier molecular flexibility index (Phi) is 7.72. The fourth-order valence-corrected chi connectivity index (χ4v) is 3.36. The van der Waals surface area contributed by atoms with E-state index >= 15 is 0 Å². The van der Waals surface area contributed by atoms with E-state index in [2.05, 4.69) is 74.0 Å². The number of aromatic nitrogens is 1. The average Bonchev–Trinajstić information content (AvgIpc) is 2.69. The van der Waals surface area contributed by atoms with Gasteiger partial charge in [0.25, 0.3) is 0 Å². The molecule has 27 heavy (non-hydrogen) atoms. The van der Waals surface area contributed by atoms with Gasteiger partial charge in [-0.25, -0.2) is 0 Å². The lowest BCUT2D eigenvalue weighted by Crippen LogP contribution is -3.00. The number of halogens is 1. The standard InChI is InChI=1S/C24H26NO.HI/c1-4-19(5-2)24(26)21-13-10-18(11-14-21)12-16-22-17-15-20-8-6-7-9-23(20)25(22)3;/h6-17,19H,4-5H2,1-3H3;1H/q+1;/p-1/b16-12+;. The molecule has 140 valence electrons. The predicted molar refractivity (Wildman–Crippen MR) is 109 cm³/mol. The minimum Gasteiger partial charge on any atom is -1.00 e. The molecule has 3 rings (SSSR count). The van der Waals surface area contributed by atoms with Crippen LogP contribution in [0.1, 0.15) is 48.3 Å². The van der Waals surface area contributed by atoms with Gasteiger partial charge in [0.15, 0.2) is 5.78 Å². The number of carbonyl (C=O) groups excluding carboxylic acids is 1. The van der Waals surface area contributed by atoms with Crippen LogP contribution < -0.4 is 28.5 Å². The Balaban J connectivity index is 0.00000261. The molecule has 0 aliphatic rings. The Labute approximate surface area is 178 Å². The quantitative estimate of drug-likeness (QED) is 0.308. The molecule has 0 radical (unpaired) electrons. The third-order valence-electron chi connectivity index (χ3n) is 5.12. The Hall–Kier alpha value is -2.01. The summed E-state index contributed by atoms with van der Waals surface area (Å²) in [5, 5.41) is 1.23. The van der Waals surface area contributed by atoms with E-state index < -0.39 is 0 Å². The zero-order valence-corrected chi connectivity index (χ0v) is 18.3. The summed E-state index contributed by atoms with van der Waals surface area (Å²) in [6, 6.07) is 20.6. The first-order valence-electron chi connectivity index (χ1n) is 9.34. The van der Waals surface area contributed by atoms with Gasteiger partial charge in [-0.3, -0.25) is 4.79 Å². The molecule has 0 saturated carbocycles. The number of Topliss-reactive ketones (excluding diaryl/α,β-unsaturated/α-hetero) is 1. The summed E-state index contributed by atoms with van der Waals surface area (Å²) < 4.78 is 2.19. The molecule has 1 heterocycles. The van der Waals surface area contributed by atoms with E-state index in [4.69, 9.17) is 0 Å². The van der Waals surface area contributed by atoms with E-state index in [1.54, 1.807) is 0 Å². The normalized spacial score (nSPS) is 11.1. The van der Waals surface area contributed by atoms with Crippen molar-refractivity contribution in [3.8, 4) is 0 Å². The highest BCUT2D eigenvalue weighted by Crippen LogP contribution is 2.17. The van der Waals surface area contributed by atoms with Crippen LogP contribution in [0.3, 0.4) is 0 Å². The highest BCUT2D eigenvalue weighted by atomic mass is 127. The maximum atomic E-state index is 12.4. The molecule has 0 bridgehead atoms. The van der Waals surface area contributed by atoms with Gasteiger partial charge in [0, 0.05) is 35.1 Å². The van der Waals surface area contributed by atoms with Crippen LogP contribution in [0.5, 0.6) is 0 Å². The van der Waals surface area contributed by atoms with Gasteiger partial charge in [0.05, 0.1) is 0 Å². The van der Waals surface area contributed by atoms with Crippen LogP contribution in [0.15, 0.2) is 60.7 Å². The number of benzene rings is 2. The van der Waals surface area contributed by atoms with Gasteiger partial charge in [-0.05, 0) is 36.6 Å². The Morgan fingerprint density at radius 1 is 0.926 bits per heavy atom. The van der Waals surface area contributed by atoms with E-state index in [1.807, 2.05) is 24.3 Å². The van der Waals surface area contributed by atoms with Crippen LogP contribution in [-0.4, -0.2) is 5.78 Å². The molecule has 0 atom stereocenters. The number of ketones is 1. The first kappa shape index (κ1) is 21.3. The van der Waals surface area contributed by atoms with Crippen LogP contribution in [0, 0.1) is 5.92 Å². The molecular weight excluding hydrogens is 445 g/mol. The second kappa shape index (κ2) is 9.79. The molecular formula is C24H26INO. The number of para-hydroxylation sites is 1. The smallest absolute Gasteiger partial charge is 0.212 e. The summed E-state index contributed by atoms with van der Waals surface area (Å²) in [5.41, 5.74) is 4.26. The first-order chi connectivity index (χ1) is 12.6. The van der Waals surface area contributed by atoms with Gasteiger partial charge in [-0.15, -0.1) is 0 Å². The Bertz CT molecular complexity index is 940. The summed E-state index contributed by atoms with van der Waals surface area (Å²) >= 11 is 0. The summed E-state index contributed by atoms with van der Waals surface area (Å²) in [6.45, 7) is 4.15. The highest BCUT2D eigenvalue weighted by molar-refractivity contribution is 5.98. The van der Waals surface area contributed by atoms with Crippen LogP contribution in [0.25, 0.3) is 23.1 Å². The minimum atomic E-state index is 0. The molecule has 0 amide bonds. The SMILES string of the molecule is CCC(CC)C(=O)c1ccc(/C=C/c2ccc3ccccc3[n+]2C)cc1.[I-]. The van der Waals surface area contributed by atoms with Gasteiger partial charge in [0.2, 0.25) is 11.2 Å². The topological polar surface area (TPSA) is 20.9 Å². The highest BCUT2D eigenvalue weighted by Gasteiger charge is 2.15. The van der Waals surface area contributed by atoms with E-state index in [0.29, 0.717) is 0 Å². The number of carbonyl (C=O) groups is 1. The first-order valence-corrected chi connectivity index (χ1v) is 9.34. The summed E-state index contributed by atoms with van der Waals surface area (Å²) in [4.78, 5) is 12.4. The van der Waals surface area contributed by atoms with Gasteiger partial charge in [-0.1, -0.05) is 50.2 Å². The maximum Gasteiger partial charge on any atom is 0.212 e. The lowest BCUT2D eigenvalue weighted by molar-refractivity contribution is -0.646. The fourth-order valence-electron chi connectivity index (χ4n) is 3.36. The van der Waals surface area contributed by atoms with Crippen molar-refractivity contribution < 1.29 is 33.3 Å². The van der Waals surface area contributed by atoms with Crippen LogP contribution in [0.4, 0.5) is 0 Å². The van der Waals surface area contributed by atoms with E-state index in [0.717, 1.165) is 29.7 Å². The zero-order valence-electron chi connectivity index (χ0n) is 16.2. The van der Waals surface area contributed by atoms with Crippen molar-refractivity contribution in [2.75, 3.05) is 0 Å². The number of nitrogens with zero attached hydrogens (tertiary/aromatic N) is 1. The van der Waals surface area contributed by atoms with Crippen LogP contribution in [0.2, 0.25) is 0 Å². The summed E-state index contributed by atoms with van der Waals surface area (Å²) in [6.07, 6.45) is 6.00. The van der Waals surface area contributed by atoms with E-state index in [-0.39, 0.29) is 35.7 Å². The lowest BCUT2D eigenvalue weighted by Gasteiger charge is -2.10. The summed E-state index contributed by atoms with van der Waals surface area (Å²) in [7, 11) is 2.08. The zero-order chi connectivity index (χ0) is 18.5. The van der Waals surface area contributed by atoms with Crippen LogP contribution in [-0.2, 0) is 7.05 Å². The molecule has 0 aliphatic heterocycles. The largest absolute Gasteiger partial charge is 1.00 e. The monoisotopic (exact) mass is 471 g/mol. The van der Waals surface area contributed by atoms with Crippen molar-refractivity contribution in [1.82, 2.24) is 0 Å². The van der Waals surface area contributed by atoms with Gasteiger partial charge in [-0.2, -0.15) is 4.57 Å². The number of hydrogen-bond acceptors (Lipinski definition) is 1. The molecule has 0 fully saturated rings. The summed E-state index contributed by atoms with van der Waals surface area (Å²) in [5.74, 6) is 0.388. The second-order valence-corrected chi connectivity index (χ2v) is 6.71. The van der Waals surface area contributed by atoms with Crippen molar-refractivity contribution in [3.05, 3.63) is 77.5 Å². The van der Waals surface area contributed by atoms with Crippen molar-refractivity contribution in [2.24, 2.45) is 13.0 Å². The van der Waals surface area contributed by atoms with Crippen molar-refractivity contribution >= 4 is 28.8 Å². The van der Waals surface area contributed by atoms with Crippen molar-refractivity contribution in [3.63, 3.8) is 0 Å². The molecule has 2 nitrogen and oxygen atoms in total. The molecule has 3 aromatic rings. The minimum absolute atomic E-state index is 0. The van der Waals surface area contributed by atoms with Crippen molar-refractivity contribution in [1.29, 1.82) is 0 Å². The second-order valence-electron chi connectivity index (χ2n) is 6.71. The van der Waals surface area contributed by atoms with Gasteiger partial charge in [0.1, 0.15) is 7.05 Å². The van der Waals surface area contributed by atoms with Crippen LogP contribution >= 0.6 is 0 Å². The third kappa shape index (κ3) is 4.83. The van der Waals surface area contributed by atoms with E-state index in [9.17, 15) is 4.79 Å². The van der Waals surface area contributed by atoms with Gasteiger partial charge < -0.3 is 24.0 Å². The van der Waals surface area contributed by atoms with E-state index in [1.165, 1.54) is 10.9 Å². The number of aryl methyl sites for hydroxylation is 1. The third-order valence-corrected chi connectivity index (χ3v) is 5.12. The number of hydrogen-bond donors (Lipinski definition) is 0. The number of rotatable bonds is 6. The molecule has 0 unspecified atom stereocenters. The number of fused-ring (bicyclic) bond motifs is 1. The molecule has 0 saturated heterocycles. The number of pyridine rings is 1. The molecule has 0 spiro atoms. The molecule has 1 aromatic heterocycles. The molecule has 2 aromatic carbocycles. The maximum absolute atomic E-state index is 12.4. The Morgan fingerprint density at radius 3 is 2.26 bits per heavy atom. The van der Waals surface area contributed by atoms with Gasteiger partial charge >= 0.3 is 0 Å². The lowest BCUT2D eigenvalue weighted by atomic mass is 9.92.